The van der Waals surface area contributed by atoms with E-state index in [-0.39, 0.29) is 11.8 Å². The van der Waals surface area contributed by atoms with Crippen molar-refractivity contribution in [3.8, 4) is 39.5 Å². The number of para-hydroxylation sites is 1. The fraction of sp³-hybridized carbons (Fsp3) is 0.146. The van der Waals surface area contributed by atoms with Crippen LogP contribution in [-0.4, -0.2) is 19.5 Å². The quantitative estimate of drug-likeness (QED) is 0.191. The molecular weight excluding hydrogens is 564 g/mol. The predicted octanol–water partition coefficient (Wildman–Crippen LogP) is 11.0. The van der Waals surface area contributed by atoms with Crippen molar-refractivity contribution in [1.82, 2.24) is 19.5 Å². The molecule has 5 heteroatoms. The Kier molecular flexibility index (Phi) is 6.75. The van der Waals surface area contributed by atoms with Crippen LogP contribution in [0.15, 0.2) is 126 Å². The van der Waals surface area contributed by atoms with Gasteiger partial charge >= 0.3 is 0 Å². The van der Waals surface area contributed by atoms with E-state index in [1.807, 2.05) is 36.7 Å². The molecule has 0 aliphatic carbocycles. The summed E-state index contributed by atoms with van der Waals surface area (Å²) >= 11 is 0. The van der Waals surface area contributed by atoms with Crippen molar-refractivity contribution in [2.24, 2.45) is 0 Å². The van der Waals surface area contributed by atoms with E-state index in [1.165, 1.54) is 22.3 Å². The molecule has 0 bridgehead atoms. The van der Waals surface area contributed by atoms with Crippen LogP contribution in [-0.2, 0) is 0 Å². The molecule has 5 nitrogen and oxygen atoms in total. The maximum absolute atomic E-state index is 6.64. The minimum absolute atomic E-state index is 0.265. The van der Waals surface area contributed by atoms with Gasteiger partial charge in [0.2, 0.25) is 5.71 Å². The van der Waals surface area contributed by atoms with Crippen molar-refractivity contribution < 1.29 is 4.42 Å². The number of aromatic nitrogens is 4. The van der Waals surface area contributed by atoms with Crippen molar-refractivity contribution >= 4 is 33.1 Å². The van der Waals surface area contributed by atoms with Gasteiger partial charge < -0.3 is 4.42 Å². The summed E-state index contributed by atoms with van der Waals surface area (Å²) in [5, 5.41) is 2.00. The van der Waals surface area contributed by atoms with Gasteiger partial charge in [0, 0.05) is 22.5 Å². The van der Waals surface area contributed by atoms with Gasteiger partial charge in [-0.15, -0.1) is 0 Å². The monoisotopic (exact) mass is 598 g/mol. The number of fused-ring (bicyclic) bond motifs is 4. The van der Waals surface area contributed by atoms with Crippen LogP contribution in [0.1, 0.15) is 50.7 Å². The number of pyridine rings is 2. The van der Waals surface area contributed by atoms with Crippen molar-refractivity contribution in [2.45, 2.75) is 39.5 Å². The minimum atomic E-state index is 0.265. The number of furan rings is 1. The highest BCUT2D eigenvalue weighted by molar-refractivity contribution is 6.09. The first-order valence-corrected chi connectivity index (χ1v) is 15.9. The molecule has 224 valence electrons. The zero-order valence-corrected chi connectivity index (χ0v) is 26.4. The smallest absolute Gasteiger partial charge is 0.227 e. The van der Waals surface area contributed by atoms with Gasteiger partial charge in [-0.1, -0.05) is 100 Å². The molecule has 0 aliphatic heterocycles. The van der Waals surface area contributed by atoms with Gasteiger partial charge in [-0.3, -0.25) is 9.55 Å². The summed E-state index contributed by atoms with van der Waals surface area (Å²) in [5.74, 6) is 1.36. The normalized spacial score (nSPS) is 11.9. The Morgan fingerprint density at radius 2 is 1.33 bits per heavy atom. The molecule has 8 aromatic rings. The van der Waals surface area contributed by atoms with Crippen molar-refractivity contribution in [2.75, 3.05) is 0 Å². The van der Waals surface area contributed by atoms with Crippen molar-refractivity contribution in [3.05, 3.63) is 133 Å². The average molecular weight is 599 g/mol. The molecule has 4 aromatic heterocycles. The molecule has 0 saturated heterocycles. The van der Waals surface area contributed by atoms with Gasteiger partial charge in [0.05, 0.1) is 34.2 Å². The molecule has 0 N–H and O–H groups in total. The summed E-state index contributed by atoms with van der Waals surface area (Å²) in [7, 11) is 0. The van der Waals surface area contributed by atoms with E-state index >= 15 is 0 Å². The molecule has 0 amide bonds. The first-order valence-electron chi connectivity index (χ1n) is 15.9. The number of rotatable bonds is 6. The number of hydrogen-bond acceptors (Lipinski definition) is 4. The first-order chi connectivity index (χ1) is 22.5. The summed E-state index contributed by atoms with van der Waals surface area (Å²) in [6.45, 7) is 9.07. The summed E-state index contributed by atoms with van der Waals surface area (Å²) < 4.78 is 8.95. The summed E-state index contributed by atoms with van der Waals surface area (Å²) in [5.41, 5.74) is 12.2. The SMILES string of the molecule is CC(C)c1cc(-c2ccccc2)cc(C(C)C)c1-n1c(-c2cccc3c2oc2nc(-c4ccccc4)ccc23)nc2ccncc21. The van der Waals surface area contributed by atoms with Crippen molar-refractivity contribution in [3.63, 3.8) is 0 Å². The van der Waals surface area contributed by atoms with Gasteiger partial charge in [0.1, 0.15) is 11.4 Å². The fourth-order valence-corrected chi connectivity index (χ4v) is 6.57. The second-order valence-electron chi connectivity index (χ2n) is 12.5. The van der Waals surface area contributed by atoms with Gasteiger partial charge in [-0.25, -0.2) is 9.97 Å². The molecule has 4 aromatic carbocycles. The molecule has 0 saturated carbocycles. The fourth-order valence-electron chi connectivity index (χ4n) is 6.57. The van der Waals surface area contributed by atoms with Crippen LogP contribution in [0, 0.1) is 0 Å². The van der Waals surface area contributed by atoms with Crippen LogP contribution in [0.5, 0.6) is 0 Å². The Morgan fingerprint density at radius 1 is 0.630 bits per heavy atom. The Balaban J connectivity index is 1.42. The second kappa shape index (κ2) is 11.1. The largest absolute Gasteiger partial charge is 0.437 e. The highest BCUT2D eigenvalue weighted by Gasteiger charge is 2.25. The van der Waals surface area contributed by atoms with E-state index < -0.39 is 0 Å². The standard InChI is InChI=1S/C41H34N4O/c1-25(2)33-22-29(27-12-7-5-8-13-27)23-34(26(3)4)38(33)45-37-24-42-21-20-36(37)43-40(45)32-17-11-16-30-31-18-19-35(28-14-9-6-10-15-28)44-41(31)46-39(30)32/h5-26H,1-4H3. The maximum Gasteiger partial charge on any atom is 0.227 e. The van der Waals surface area contributed by atoms with Gasteiger partial charge in [0.25, 0.3) is 0 Å². The lowest BCUT2D eigenvalue weighted by molar-refractivity contribution is 0.655. The van der Waals surface area contributed by atoms with E-state index in [9.17, 15) is 0 Å². The molecule has 46 heavy (non-hydrogen) atoms. The van der Waals surface area contributed by atoms with Gasteiger partial charge in [0.15, 0.2) is 0 Å². The number of nitrogens with zero attached hydrogens (tertiary/aromatic N) is 4. The van der Waals surface area contributed by atoms with Crippen LogP contribution >= 0.6 is 0 Å². The lowest BCUT2D eigenvalue weighted by Crippen LogP contribution is -2.09. The molecule has 0 fully saturated rings. The number of hydrogen-bond donors (Lipinski definition) is 0. The number of imidazole rings is 1. The molecule has 0 unspecified atom stereocenters. The first kappa shape index (κ1) is 28.0. The summed E-state index contributed by atoms with van der Waals surface area (Å²) in [6, 6.07) is 38.0. The van der Waals surface area contributed by atoms with E-state index in [0.29, 0.717) is 5.71 Å². The summed E-state index contributed by atoms with van der Waals surface area (Å²) in [6.07, 6.45) is 3.74. The maximum atomic E-state index is 6.64. The lowest BCUT2D eigenvalue weighted by Gasteiger charge is -2.24. The minimum Gasteiger partial charge on any atom is -0.437 e. The third-order valence-electron chi connectivity index (χ3n) is 8.88. The zero-order valence-electron chi connectivity index (χ0n) is 26.4. The molecule has 8 rings (SSSR count). The third kappa shape index (κ3) is 4.59. The molecule has 0 radical (unpaired) electrons. The van der Waals surface area contributed by atoms with Crippen molar-refractivity contribution in [1.29, 1.82) is 0 Å². The van der Waals surface area contributed by atoms with E-state index in [2.05, 4.69) is 122 Å². The lowest BCUT2D eigenvalue weighted by atomic mass is 9.88. The highest BCUT2D eigenvalue weighted by atomic mass is 16.3. The topological polar surface area (TPSA) is 56.7 Å². The molecular formula is C41H34N4O. The van der Waals surface area contributed by atoms with E-state index in [0.717, 1.165) is 55.7 Å². The molecule has 0 aliphatic rings. The average Bonchev–Trinajstić information content (AvgIpc) is 3.66. The van der Waals surface area contributed by atoms with E-state index in [4.69, 9.17) is 14.4 Å². The number of benzene rings is 4. The molecule has 4 heterocycles. The van der Waals surface area contributed by atoms with Gasteiger partial charge in [-0.2, -0.15) is 0 Å². The Bertz CT molecular complexity index is 2340. The Labute approximate surface area is 268 Å². The van der Waals surface area contributed by atoms with Crippen LogP contribution in [0.2, 0.25) is 0 Å². The third-order valence-corrected chi connectivity index (χ3v) is 8.88. The van der Waals surface area contributed by atoms with Gasteiger partial charge in [-0.05, 0) is 70.5 Å². The Hall–Kier alpha value is -5.55. The molecule has 0 spiro atoms. The summed E-state index contributed by atoms with van der Waals surface area (Å²) in [4.78, 5) is 14.8. The molecule has 0 atom stereocenters. The second-order valence-corrected chi connectivity index (χ2v) is 12.5. The van der Waals surface area contributed by atoms with Crippen LogP contribution in [0.4, 0.5) is 0 Å². The van der Waals surface area contributed by atoms with E-state index in [1.54, 1.807) is 0 Å². The zero-order chi connectivity index (χ0) is 31.4. The Morgan fingerprint density at radius 3 is 2.02 bits per heavy atom. The highest BCUT2D eigenvalue weighted by Crippen LogP contribution is 2.42. The van der Waals surface area contributed by atoms with Crippen LogP contribution < -0.4 is 0 Å². The van der Waals surface area contributed by atoms with Crippen LogP contribution in [0.25, 0.3) is 72.6 Å². The predicted molar refractivity (Wildman–Crippen MR) is 188 cm³/mol. The van der Waals surface area contributed by atoms with Crippen LogP contribution in [0.3, 0.4) is 0 Å².